The van der Waals surface area contributed by atoms with E-state index >= 15 is 0 Å². The maximum Gasteiger partial charge on any atom is 0.0270 e. The van der Waals surface area contributed by atoms with Crippen molar-refractivity contribution >= 4 is 15.9 Å². The molecule has 15 heavy (non-hydrogen) atoms. The number of nitrogens with zero attached hydrogens (tertiary/aromatic N) is 1. The summed E-state index contributed by atoms with van der Waals surface area (Å²) in [5.41, 5.74) is 1.38. The Morgan fingerprint density at radius 3 is 2.60 bits per heavy atom. The zero-order chi connectivity index (χ0) is 10.9. The fourth-order valence-electron chi connectivity index (χ4n) is 1.67. The Hall–Kier alpha value is -0.370. The van der Waals surface area contributed by atoms with Crippen LogP contribution in [-0.4, -0.2) is 9.81 Å². The highest BCUT2D eigenvalue weighted by Gasteiger charge is 2.04. The number of hydrogen-bond donors (Lipinski definition) is 0. The van der Waals surface area contributed by atoms with Crippen molar-refractivity contribution in [1.29, 1.82) is 0 Å². The van der Waals surface area contributed by atoms with Gasteiger partial charge >= 0.3 is 0 Å². The quantitative estimate of drug-likeness (QED) is 0.530. The molecule has 0 aliphatic carbocycles. The van der Waals surface area contributed by atoms with Crippen molar-refractivity contribution in [3.05, 3.63) is 30.1 Å². The van der Waals surface area contributed by atoms with Gasteiger partial charge in [0.25, 0.3) is 0 Å². The van der Waals surface area contributed by atoms with Crippen LogP contribution >= 0.6 is 15.9 Å². The lowest BCUT2D eigenvalue weighted by Crippen LogP contribution is -2.02. The van der Waals surface area contributed by atoms with E-state index in [4.69, 9.17) is 0 Å². The Kier molecular flexibility index (Phi) is 6.66. The summed E-state index contributed by atoms with van der Waals surface area (Å²) in [6.45, 7) is 2.25. The number of hydrogen-bond acceptors (Lipinski definition) is 1. The molecule has 0 aromatic carbocycles. The van der Waals surface area contributed by atoms with Crippen molar-refractivity contribution in [3.63, 3.8) is 0 Å². The van der Waals surface area contributed by atoms with Crippen molar-refractivity contribution in [3.8, 4) is 0 Å². The Morgan fingerprint density at radius 2 is 1.93 bits per heavy atom. The largest absolute Gasteiger partial charge is 0.265 e. The highest BCUT2D eigenvalue weighted by molar-refractivity contribution is 9.09. The molecule has 0 amide bonds. The third-order valence-electron chi connectivity index (χ3n) is 2.58. The molecular weight excluding hydrogens is 250 g/mol. The average Bonchev–Trinajstić information content (AvgIpc) is 2.26. The molecule has 84 valence electrons. The highest BCUT2D eigenvalue weighted by Crippen LogP contribution is 2.16. The van der Waals surface area contributed by atoms with E-state index in [1.807, 2.05) is 12.4 Å². The maximum absolute atomic E-state index is 4.02. The molecule has 0 aliphatic rings. The molecule has 1 unspecified atom stereocenters. The molecule has 1 heterocycles. The van der Waals surface area contributed by atoms with E-state index in [1.54, 1.807) is 0 Å². The lowest BCUT2D eigenvalue weighted by atomic mass is 10.1. The highest BCUT2D eigenvalue weighted by atomic mass is 79.9. The van der Waals surface area contributed by atoms with Crippen LogP contribution in [0.4, 0.5) is 0 Å². The minimum absolute atomic E-state index is 0.622. The fourth-order valence-corrected chi connectivity index (χ4v) is 2.37. The molecule has 1 atom stereocenters. The first-order valence-electron chi connectivity index (χ1n) is 5.86. The summed E-state index contributed by atoms with van der Waals surface area (Å²) >= 11 is 3.75. The van der Waals surface area contributed by atoms with Crippen molar-refractivity contribution in [2.45, 2.75) is 50.3 Å². The van der Waals surface area contributed by atoms with Gasteiger partial charge in [-0.25, -0.2) is 0 Å². The van der Waals surface area contributed by atoms with Crippen LogP contribution in [0, 0.1) is 0 Å². The predicted octanol–water partition coefficient (Wildman–Crippen LogP) is 4.36. The molecule has 1 aromatic rings. The van der Waals surface area contributed by atoms with Crippen LogP contribution in [0.3, 0.4) is 0 Å². The zero-order valence-electron chi connectivity index (χ0n) is 9.45. The second-order valence-electron chi connectivity index (χ2n) is 4.01. The van der Waals surface area contributed by atoms with Gasteiger partial charge in [0.15, 0.2) is 0 Å². The van der Waals surface area contributed by atoms with Gasteiger partial charge in [-0.3, -0.25) is 4.98 Å². The van der Waals surface area contributed by atoms with E-state index in [1.165, 1.54) is 37.7 Å². The van der Waals surface area contributed by atoms with Crippen LogP contribution in [0.1, 0.15) is 44.6 Å². The summed E-state index contributed by atoms with van der Waals surface area (Å²) in [6.07, 6.45) is 11.5. The van der Waals surface area contributed by atoms with Gasteiger partial charge in [0.05, 0.1) is 0 Å². The summed E-state index contributed by atoms with van der Waals surface area (Å²) in [5, 5.41) is 0. The fraction of sp³-hybridized carbons (Fsp3) is 0.615. The monoisotopic (exact) mass is 269 g/mol. The summed E-state index contributed by atoms with van der Waals surface area (Å²) in [5.74, 6) is 0. The van der Waals surface area contributed by atoms with E-state index in [-0.39, 0.29) is 0 Å². The molecule has 0 saturated heterocycles. The number of unbranched alkanes of at least 4 members (excludes halogenated alkanes) is 3. The second-order valence-corrected chi connectivity index (χ2v) is 5.30. The summed E-state index contributed by atoms with van der Waals surface area (Å²) in [6, 6.07) is 4.20. The van der Waals surface area contributed by atoms with Gasteiger partial charge < -0.3 is 0 Å². The van der Waals surface area contributed by atoms with E-state index in [0.717, 1.165) is 6.42 Å². The minimum atomic E-state index is 0.622. The molecule has 0 N–H and O–H groups in total. The van der Waals surface area contributed by atoms with E-state index < -0.39 is 0 Å². The molecule has 0 spiro atoms. The Balaban J connectivity index is 2.16. The van der Waals surface area contributed by atoms with Gasteiger partial charge in [0.2, 0.25) is 0 Å². The molecule has 0 aliphatic heterocycles. The van der Waals surface area contributed by atoms with E-state index in [0.29, 0.717) is 4.83 Å². The molecular formula is C13H20BrN. The van der Waals surface area contributed by atoms with Gasteiger partial charge in [-0.15, -0.1) is 0 Å². The first-order valence-corrected chi connectivity index (χ1v) is 6.77. The molecule has 0 radical (unpaired) electrons. The molecule has 0 bridgehead atoms. The number of rotatable bonds is 7. The van der Waals surface area contributed by atoms with Crippen LogP contribution in [-0.2, 0) is 6.42 Å². The van der Waals surface area contributed by atoms with Crippen LogP contribution in [0.2, 0.25) is 0 Å². The van der Waals surface area contributed by atoms with Gasteiger partial charge in [0.1, 0.15) is 0 Å². The molecule has 0 fully saturated rings. The van der Waals surface area contributed by atoms with Gasteiger partial charge in [-0.1, -0.05) is 48.5 Å². The van der Waals surface area contributed by atoms with Gasteiger partial charge in [-0.05, 0) is 30.5 Å². The molecule has 1 aromatic heterocycles. The smallest absolute Gasteiger partial charge is 0.0270 e. The third-order valence-corrected chi connectivity index (χ3v) is 3.36. The topological polar surface area (TPSA) is 12.9 Å². The number of halogens is 1. The van der Waals surface area contributed by atoms with Crippen molar-refractivity contribution in [2.75, 3.05) is 0 Å². The summed E-state index contributed by atoms with van der Waals surface area (Å²) < 4.78 is 0. The van der Waals surface area contributed by atoms with Crippen molar-refractivity contribution in [2.24, 2.45) is 0 Å². The van der Waals surface area contributed by atoms with E-state index in [2.05, 4.69) is 40.0 Å². The van der Waals surface area contributed by atoms with Gasteiger partial charge in [-0.2, -0.15) is 0 Å². The van der Waals surface area contributed by atoms with Crippen LogP contribution in [0.25, 0.3) is 0 Å². The Labute approximate surface area is 101 Å². The minimum Gasteiger partial charge on any atom is -0.265 e. The summed E-state index contributed by atoms with van der Waals surface area (Å²) in [7, 11) is 0. The lowest BCUT2D eigenvalue weighted by molar-refractivity contribution is 0.619. The average molecular weight is 270 g/mol. The standard InChI is InChI=1S/C13H20BrN/c1-2-3-4-5-6-13(14)11-12-7-9-15-10-8-12/h7-10,13H,2-6,11H2,1H3. The van der Waals surface area contributed by atoms with Crippen molar-refractivity contribution in [1.82, 2.24) is 4.98 Å². The van der Waals surface area contributed by atoms with Crippen LogP contribution < -0.4 is 0 Å². The van der Waals surface area contributed by atoms with Crippen LogP contribution in [0.5, 0.6) is 0 Å². The number of alkyl halides is 1. The zero-order valence-corrected chi connectivity index (χ0v) is 11.0. The summed E-state index contributed by atoms with van der Waals surface area (Å²) in [4.78, 5) is 4.65. The molecule has 2 heteroatoms. The molecule has 0 saturated carbocycles. The Bertz CT molecular complexity index is 248. The number of aromatic nitrogens is 1. The van der Waals surface area contributed by atoms with E-state index in [9.17, 15) is 0 Å². The molecule has 1 rings (SSSR count). The normalized spacial score (nSPS) is 12.7. The SMILES string of the molecule is CCCCCCC(Br)Cc1ccncc1. The first-order chi connectivity index (χ1) is 7.33. The second kappa shape index (κ2) is 7.86. The number of pyridine rings is 1. The lowest BCUT2D eigenvalue weighted by Gasteiger charge is -2.09. The molecule has 1 nitrogen and oxygen atoms in total. The Morgan fingerprint density at radius 1 is 1.20 bits per heavy atom. The third kappa shape index (κ3) is 5.93. The predicted molar refractivity (Wildman–Crippen MR) is 69.4 cm³/mol. The maximum atomic E-state index is 4.02. The van der Waals surface area contributed by atoms with Crippen molar-refractivity contribution < 1.29 is 0 Å². The first kappa shape index (κ1) is 12.7. The van der Waals surface area contributed by atoms with Gasteiger partial charge in [0, 0.05) is 17.2 Å². The van der Waals surface area contributed by atoms with Crippen LogP contribution in [0.15, 0.2) is 24.5 Å².